The van der Waals surface area contributed by atoms with Gasteiger partial charge in [-0.05, 0) is 0 Å². The zero-order chi connectivity index (χ0) is 15.2. The number of anilines is 2. The van der Waals surface area contributed by atoms with E-state index in [0.717, 1.165) is 32.8 Å². The van der Waals surface area contributed by atoms with Crippen LogP contribution < -0.4 is 10.2 Å². The molecule has 1 aliphatic rings. The van der Waals surface area contributed by atoms with Gasteiger partial charge in [-0.3, -0.25) is 15.0 Å². The van der Waals surface area contributed by atoms with E-state index in [0.29, 0.717) is 12.4 Å². The second kappa shape index (κ2) is 7.14. The van der Waals surface area contributed by atoms with Gasteiger partial charge in [0.05, 0.1) is 18.1 Å². The number of morpholine rings is 1. The molecule has 2 rings (SSSR count). The second-order valence-electron chi connectivity index (χ2n) is 4.93. The molecule has 2 heterocycles. The van der Waals surface area contributed by atoms with E-state index < -0.39 is 4.92 Å². The molecule has 1 saturated heterocycles. The summed E-state index contributed by atoms with van der Waals surface area (Å²) in [5.74, 6) is 0.552. The number of nitrogens with one attached hydrogen (secondary N) is 1. The summed E-state index contributed by atoms with van der Waals surface area (Å²) < 4.78 is 5.28. The Morgan fingerprint density at radius 3 is 2.76 bits per heavy atom. The molecule has 0 atom stereocenters. The van der Waals surface area contributed by atoms with Crippen molar-refractivity contribution >= 4 is 17.3 Å². The first-order chi connectivity index (χ1) is 10.1. The number of aromatic nitrogens is 2. The van der Waals surface area contributed by atoms with E-state index in [1.165, 1.54) is 6.33 Å². The minimum atomic E-state index is -0.452. The lowest BCUT2D eigenvalue weighted by molar-refractivity contribution is -0.383. The van der Waals surface area contributed by atoms with Gasteiger partial charge in [-0.15, -0.1) is 0 Å². The highest BCUT2D eigenvalue weighted by Crippen LogP contribution is 2.30. The van der Waals surface area contributed by atoms with Crippen molar-refractivity contribution in [1.82, 2.24) is 14.9 Å². The van der Waals surface area contributed by atoms with Crippen LogP contribution in [0.15, 0.2) is 6.33 Å². The monoisotopic (exact) mass is 296 g/mol. The van der Waals surface area contributed by atoms with E-state index in [4.69, 9.17) is 4.74 Å². The van der Waals surface area contributed by atoms with Crippen LogP contribution in [0.1, 0.15) is 0 Å². The molecule has 1 fully saturated rings. The minimum Gasteiger partial charge on any atom is -0.379 e. The van der Waals surface area contributed by atoms with E-state index >= 15 is 0 Å². The van der Waals surface area contributed by atoms with E-state index in [9.17, 15) is 10.1 Å². The Kier molecular flexibility index (Phi) is 5.23. The lowest BCUT2D eigenvalue weighted by atomic mass is 10.4. The average molecular weight is 296 g/mol. The summed E-state index contributed by atoms with van der Waals surface area (Å²) in [4.78, 5) is 22.6. The summed E-state index contributed by atoms with van der Waals surface area (Å²) in [6.07, 6.45) is 1.33. The SMILES string of the molecule is CN(C)c1ncnc(NCCN2CCOCC2)c1[N+](=O)[O-]. The Hall–Kier alpha value is -2.00. The van der Waals surface area contributed by atoms with Crippen molar-refractivity contribution in [3.8, 4) is 0 Å². The summed E-state index contributed by atoms with van der Waals surface area (Å²) in [7, 11) is 3.43. The Morgan fingerprint density at radius 2 is 2.14 bits per heavy atom. The predicted molar refractivity (Wildman–Crippen MR) is 78.8 cm³/mol. The van der Waals surface area contributed by atoms with Gasteiger partial charge in [0, 0.05) is 40.3 Å². The smallest absolute Gasteiger partial charge is 0.353 e. The fourth-order valence-corrected chi connectivity index (χ4v) is 2.15. The van der Waals surface area contributed by atoms with Crippen LogP contribution in [0.25, 0.3) is 0 Å². The van der Waals surface area contributed by atoms with Gasteiger partial charge in [0.2, 0.25) is 11.6 Å². The van der Waals surface area contributed by atoms with Crippen molar-refractivity contribution in [1.29, 1.82) is 0 Å². The predicted octanol–water partition coefficient (Wildman–Crippen LogP) is 0.195. The first-order valence-electron chi connectivity index (χ1n) is 6.80. The largest absolute Gasteiger partial charge is 0.379 e. The van der Waals surface area contributed by atoms with Crippen LogP contribution in [0.4, 0.5) is 17.3 Å². The zero-order valence-corrected chi connectivity index (χ0v) is 12.3. The molecule has 0 spiro atoms. The van der Waals surface area contributed by atoms with Gasteiger partial charge in [0.1, 0.15) is 6.33 Å². The molecule has 9 nitrogen and oxygen atoms in total. The fraction of sp³-hybridized carbons (Fsp3) is 0.667. The zero-order valence-electron chi connectivity index (χ0n) is 12.3. The Labute approximate surface area is 123 Å². The van der Waals surface area contributed by atoms with Gasteiger partial charge < -0.3 is 15.0 Å². The third kappa shape index (κ3) is 3.99. The van der Waals surface area contributed by atoms with Crippen molar-refractivity contribution in [3.05, 3.63) is 16.4 Å². The molecule has 1 aromatic heterocycles. The maximum Gasteiger partial charge on any atom is 0.353 e. The molecule has 116 valence electrons. The number of rotatable bonds is 6. The third-order valence-corrected chi connectivity index (χ3v) is 3.23. The Balaban J connectivity index is 2.01. The minimum absolute atomic E-state index is 0.0931. The molecule has 0 amide bonds. The summed E-state index contributed by atoms with van der Waals surface area (Å²) in [6, 6.07) is 0. The molecule has 0 saturated carbocycles. The number of hydrogen-bond acceptors (Lipinski definition) is 8. The lowest BCUT2D eigenvalue weighted by Gasteiger charge is -2.26. The van der Waals surface area contributed by atoms with Gasteiger partial charge in [-0.1, -0.05) is 0 Å². The highest BCUT2D eigenvalue weighted by molar-refractivity contribution is 5.69. The van der Waals surface area contributed by atoms with Crippen molar-refractivity contribution in [3.63, 3.8) is 0 Å². The van der Waals surface area contributed by atoms with Crippen LogP contribution in [0.3, 0.4) is 0 Å². The molecule has 0 aliphatic carbocycles. The summed E-state index contributed by atoms with van der Waals surface area (Å²) in [5, 5.41) is 14.3. The van der Waals surface area contributed by atoms with Crippen LogP contribution in [0, 0.1) is 10.1 Å². The fourth-order valence-electron chi connectivity index (χ4n) is 2.15. The van der Waals surface area contributed by atoms with Crippen LogP contribution in [-0.2, 0) is 4.74 Å². The van der Waals surface area contributed by atoms with E-state index in [2.05, 4.69) is 20.2 Å². The van der Waals surface area contributed by atoms with Crippen molar-refractivity contribution in [2.24, 2.45) is 0 Å². The Bertz CT molecular complexity index is 490. The maximum atomic E-state index is 11.2. The van der Waals surface area contributed by atoms with Gasteiger partial charge >= 0.3 is 5.69 Å². The molecular weight excluding hydrogens is 276 g/mol. The first-order valence-corrected chi connectivity index (χ1v) is 6.80. The molecule has 21 heavy (non-hydrogen) atoms. The Morgan fingerprint density at radius 1 is 1.43 bits per heavy atom. The standard InChI is InChI=1S/C12H20N6O3/c1-16(2)12-10(18(19)20)11(14-9-15-12)13-3-4-17-5-7-21-8-6-17/h9H,3-8H2,1-2H3,(H,13,14,15). The quantitative estimate of drug-likeness (QED) is 0.587. The van der Waals surface area contributed by atoms with Crippen molar-refractivity contribution in [2.45, 2.75) is 0 Å². The average Bonchev–Trinajstić information content (AvgIpc) is 2.47. The van der Waals surface area contributed by atoms with Gasteiger partial charge in [-0.2, -0.15) is 0 Å². The van der Waals surface area contributed by atoms with Gasteiger partial charge in [0.15, 0.2) is 0 Å². The molecule has 1 aromatic rings. The van der Waals surface area contributed by atoms with Crippen LogP contribution in [-0.4, -0.2) is 73.3 Å². The van der Waals surface area contributed by atoms with Gasteiger partial charge in [0.25, 0.3) is 0 Å². The number of ether oxygens (including phenoxy) is 1. The molecule has 1 N–H and O–H groups in total. The highest BCUT2D eigenvalue weighted by atomic mass is 16.6. The molecule has 0 radical (unpaired) electrons. The molecule has 1 aliphatic heterocycles. The topological polar surface area (TPSA) is 96.7 Å². The lowest BCUT2D eigenvalue weighted by Crippen LogP contribution is -2.39. The molecule has 0 aromatic carbocycles. The molecule has 9 heteroatoms. The maximum absolute atomic E-state index is 11.2. The number of nitrogens with zero attached hydrogens (tertiary/aromatic N) is 5. The van der Waals surface area contributed by atoms with Crippen LogP contribution >= 0.6 is 0 Å². The summed E-state index contributed by atoms with van der Waals surface area (Å²) in [5.41, 5.74) is -0.0931. The van der Waals surface area contributed by atoms with Crippen LogP contribution in [0.5, 0.6) is 0 Å². The number of nitro groups is 1. The highest BCUT2D eigenvalue weighted by Gasteiger charge is 2.24. The second-order valence-corrected chi connectivity index (χ2v) is 4.93. The number of hydrogen-bond donors (Lipinski definition) is 1. The third-order valence-electron chi connectivity index (χ3n) is 3.23. The van der Waals surface area contributed by atoms with E-state index in [-0.39, 0.29) is 11.5 Å². The first kappa shape index (κ1) is 15.4. The summed E-state index contributed by atoms with van der Waals surface area (Å²) in [6.45, 7) is 4.62. The van der Waals surface area contributed by atoms with Crippen molar-refractivity contribution < 1.29 is 9.66 Å². The molecular formula is C12H20N6O3. The molecule has 0 bridgehead atoms. The van der Waals surface area contributed by atoms with Gasteiger partial charge in [-0.25, -0.2) is 9.97 Å². The van der Waals surface area contributed by atoms with Crippen LogP contribution in [0.2, 0.25) is 0 Å². The normalized spacial score (nSPS) is 15.7. The summed E-state index contributed by atoms with van der Waals surface area (Å²) >= 11 is 0. The van der Waals surface area contributed by atoms with E-state index in [1.54, 1.807) is 19.0 Å². The molecule has 0 unspecified atom stereocenters. The van der Waals surface area contributed by atoms with Crippen molar-refractivity contribution in [2.75, 3.05) is 63.7 Å². The van der Waals surface area contributed by atoms with E-state index in [1.807, 2.05) is 0 Å².